The second-order valence-corrected chi connectivity index (χ2v) is 2.21. The van der Waals surface area contributed by atoms with Gasteiger partial charge in [0.15, 0.2) is 0 Å². The Labute approximate surface area is 92.2 Å². The zero-order chi connectivity index (χ0) is 7.82. The summed E-state index contributed by atoms with van der Waals surface area (Å²) in [7, 11) is 0. The van der Waals surface area contributed by atoms with Crippen LogP contribution >= 0.6 is 0 Å². The normalized spacial score (nSPS) is 9.82. The summed E-state index contributed by atoms with van der Waals surface area (Å²) < 4.78 is 0. The molecule has 0 aromatic carbocycles. The van der Waals surface area contributed by atoms with E-state index in [-0.39, 0.29) is 31.0 Å². The molecule has 0 aliphatic heterocycles. The van der Waals surface area contributed by atoms with E-state index >= 15 is 0 Å². The van der Waals surface area contributed by atoms with Crippen LogP contribution in [0.1, 0.15) is 1.43 Å². The Morgan fingerprint density at radius 1 is 0.818 bits per heavy atom. The third-order valence-corrected chi connectivity index (χ3v) is 1.34. The van der Waals surface area contributed by atoms with Gasteiger partial charge < -0.3 is 18.6 Å². The van der Waals surface area contributed by atoms with Crippen LogP contribution in [0.15, 0.2) is 0 Å². The molecule has 5 heteroatoms. The maximum Gasteiger partial charge on any atom is 1.00 e. The van der Waals surface area contributed by atoms with Crippen LogP contribution in [0.2, 0.25) is 0 Å². The van der Waals surface area contributed by atoms with E-state index in [4.69, 9.17) is 17.2 Å². The van der Waals surface area contributed by atoms with Crippen molar-refractivity contribution in [3.8, 4) is 0 Å². The molecule has 0 bridgehead atoms. The SMILES string of the molecule is NCCN(CCN)CCN.[H-].[Na+]. The Bertz CT molecular complexity index is 62.3. The Kier molecular flexibility index (Phi) is 14.2. The van der Waals surface area contributed by atoms with Gasteiger partial charge in [0, 0.05) is 39.3 Å². The van der Waals surface area contributed by atoms with Crippen molar-refractivity contribution in [2.45, 2.75) is 0 Å². The zero-order valence-electron chi connectivity index (χ0n) is 8.42. The van der Waals surface area contributed by atoms with Crippen LogP contribution in [0.3, 0.4) is 0 Å². The van der Waals surface area contributed by atoms with Gasteiger partial charge in [0.1, 0.15) is 0 Å². The third-order valence-electron chi connectivity index (χ3n) is 1.34. The van der Waals surface area contributed by atoms with E-state index in [9.17, 15) is 0 Å². The van der Waals surface area contributed by atoms with E-state index in [1.54, 1.807) is 0 Å². The molecule has 0 amide bonds. The standard InChI is InChI=1S/C6H18N4.Na.H/c7-1-4-10(5-2-8)6-3-9;;/h1-9H2;;/q;+1;-1. The number of rotatable bonds is 6. The van der Waals surface area contributed by atoms with E-state index in [1.165, 1.54) is 0 Å². The molecule has 0 unspecified atom stereocenters. The van der Waals surface area contributed by atoms with Crippen molar-refractivity contribution in [3.05, 3.63) is 0 Å². The van der Waals surface area contributed by atoms with Crippen molar-refractivity contribution in [1.82, 2.24) is 4.90 Å². The molecular weight excluding hydrogens is 151 g/mol. The second-order valence-electron chi connectivity index (χ2n) is 2.21. The summed E-state index contributed by atoms with van der Waals surface area (Å²) >= 11 is 0. The van der Waals surface area contributed by atoms with Gasteiger partial charge in [0.25, 0.3) is 0 Å². The van der Waals surface area contributed by atoms with Gasteiger partial charge in [-0.05, 0) is 0 Å². The quantitative estimate of drug-likeness (QED) is 0.350. The number of hydrogen-bond donors (Lipinski definition) is 3. The predicted octanol–water partition coefficient (Wildman–Crippen LogP) is -4.72. The zero-order valence-corrected chi connectivity index (χ0v) is 9.42. The summed E-state index contributed by atoms with van der Waals surface area (Å²) in [5.41, 5.74) is 16.1. The van der Waals surface area contributed by atoms with Gasteiger partial charge in [-0.2, -0.15) is 0 Å². The summed E-state index contributed by atoms with van der Waals surface area (Å²) in [5, 5.41) is 0. The van der Waals surface area contributed by atoms with E-state index in [1.807, 2.05) is 0 Å². The molecule has 64 valence electrons. The van der Waals surface area contributed by atoms with Crippen LogP contribution in [0, 0.1) is 0 Å². The Balaban J connectivity index is -0.000000405. The molecule has 4 nitrogen and oxygen atoms in total. The Morgan fingerprint density at radius 3 is 1.27 bits per heavy atom. The molecule has 0 aromatic rings. The minimum atomic E-state index is 0. The first-order chi connectivity index (χ1) is 4.85. The van der Waals surface area contributed by atoms with Gasteiger partial charge in [-0.1, -0.05) is 0 Å². The van der Waals surface area contributed by atoms with Gasteiger partial charge in [-0.3, -0.25) is 4.90 Å². The molecule has 0 spiro atoms. The second kappa shape index (κ2) is 10.8. The van der Waals surface area contributed by atoms with Crippen molar-refractivity contribution in [2.24, 2.45) is 17.2 Å². The summed E-state index contributed by atoms with van der Waals surface area (Å²) in [6, 6.07) is 0. The van der Waals surface area contributed by atoms with Gasteiger partial charge in [-0.15, -0.1) is 0 Å². The Morgan fingerprint density at radius 2 is 1.09 bits per heavy atom. The first-order valence-electron chi connectivity index (χ1n) is 3.67. The molecular formula is C6H19N4Na. The maximum absolute atomic E-state index is 5.37. The predicted molar refractivity (Wildman–Crippen MR) is 44.7 cm³/mol. The summed E-state index contributed by atoms with van der Waals surface area (Å²) in [6.45, 7) is 4.73. The van der Waals surface area contributed by atoms with Crippen LogP contribution in [-0.2, 0) is 0 Å². The molecule has 0 aliphatic rings. The average molecular weight is 170 g/mol. The van der Waals surface area contributed by atoms with Crippen molar-refractivity contribution in [2.75, 3.05) is 39.3 Å². The number of nitrogens with zero attached hydrogens (tertiary/aromatic N) is 1. The van der Waals surface area contributed by atoms with Crippen molar-refractivity contribution in [1.29, 1.82) is 0 Å². The van der Waals surface area contributed by atoms with Crippen molar-refractivity contribution >= 4 is 0 Å². The molecule has 0 rings (SSSR count). The molecule has 0 aromatic heterocycles. The molecule has 0 aliphatic carbocycles. The summed E-state index contributed by atoms with van der Waals surface area (Å²) in [5.74, 6) is 0. The number of nitrogens with two attached hydrogens (primary N) is 3. The fourth-order valence-corrected chi connectivity index (χ4v) is 0.883. The van der Waals surface area contributed by atoms with Crippen LogP contribution in [0.4, 0.5) is 0 Å². The molecule has 6 N–H and O–H groups in total. The molecule has 0 heterocycles. The smallest absolute Gasteiger partial charge is 1.00 e. The van der Waals surface area contributed by atoms with Crippen molar-refractivity contribution < 1.29 is 31.0 Å². The van der Waals surface area contributed by atoms with Crippen LogP contribution < -0.4 is 46.8 Å². The number of hydrogen-bond acceptors (Lipinski definition) is 4. The van der Waals surface area contributed by atoms with Crippen LogP contribution in [0.25, 0.3) is 0 Å². The first-order valence-corrected chi connectivity index (χ1v) is 3.67. The Hall–Kier alpha value is 0.840. The molecule has 0 radical (unpaired) electrons. The first kappa shape index (κ1) is 14.4. The van der Waals surface area contributed by atoms with E-state index in [0.717, 1.165) is 19.6 Å². The molecule has 0 saturated carbocycles. The molecule has 0 fully saturated rings. The average Bonchev–Trinajstić information content (AvgIpc) is 1.90. The minimum Gasteiger partial charge on any atom is -1.00 e. The van der Waals surface area contributed by atoms with E-state index in [2.05, 4.69) is 4.90 Å². The van der Waals surface area contributed by atoms with E-state index in [0.29, 0.717) is 19.6 Å². The minimum absolute atomic E-state index is 0. The molecule has 0 atom stereocenters. The fraction of sp³-hybridized carbons (Fsp3) is 1.00. The molecule has 0 saturated heterocycles. The summed E-state index contributed by atoms with van der Waals surface area (Å²) in [4.78, 5) is 2.17. The largest absolute Gasteiger partial charge is 1.00 e. The van der Waals surface area contributed by atoms with Crippen LogP contribution in [0.5, 0.6) is 0 Å². The van der Waals surface area contributed by atoms with Gasteiger partial charge in [0.05, 0.1) is 0 Å². The maximum atomic E-state index is 5.37. The monoisotopic (exact) mass is 170 g/mol. The fourth-order valence-electron chi connectivity index (χ4n) is 0.883. The van der Waals surface area contributed by atoms with Gasteiger partial charge >= 0.3 is 29.6 Å². The van der Waals surface area contributed by atoms with Crippen LogP contribution in [-0.4, -0.2) is 44.2 Å². The van der Waals surface area contributed by atoms with E-state index < -0.39 is 0 Å². The molecule has 11 heavy (non-hydrogen) atoms. The van der Waals surface area contributed by atoms with Gasteiger partial charge in [-0.25, -0.2) is 0 Å². The third kappa shape index (κ3) is 8.75. The van der Waals surface area contributed by atoms with Crippen molar-refractivity contribution in [3.63, 3.8) is 0 Å². The van der Waals surface area contributed by atoms with Gasteiger partial charge in [0.2, 0.25) is 0 Å². The topological polar surface area (TPSA) is 81.3 Å². The summed E-state index contributed by atoms with van der Waals surface area (Å²) in [6.07, 6.45) is 0.